The number of alkyl halides is 3. The fraction of sp³-hybridized carbons (Fsp3) is 0.308. The molecular formula is C13H15F3N2O2. The highest BCUT2D eigenvalue weighted by molar-refractivity contribution is 5.77. The van der Waals surface area contributed by atoms with E-state index in [2.05, 4.69) is 6.58 Å². The Morgan fingerprint density at radius 2 is 2.15 bits per heavy atom. The third kappa shape index (κ3) is 5.64. The number of anilines is 1. The molecule has 110 valence electrons. The van der Waals surface area contributed by atoms with E-state index in [4.69, 9.17) is 10.5 Å². The molecule has 0 radical (unpaired) electrons. The molecule has 0 bridgehead atoms. The van der Waals surface area contributed by atoms with Crippen LogP contribution in [0.3, 0.4) is 0 Å². The number of hydrogen-bond donors (Lipinski definition) is 2. The summed E-state index contributed by atoms with van der Waals surface area (Å²) in [5.74, 6) is -0.454. The van der Waals surface area contributed by atoms with Crippen molar-refractivity contribution in [3.05, 3.63) is 36.4 Å². The van der Waals surface area contributed by atoms with Crippen LogP contribution in [0.15, 0.2) is 30.9 Å². The molecule has 7 heteroatoms. The Labute approximate surface area is 114 Å². The molecule has 1 rings (SSSR count). The summed E-state index contributed by atoms with van der Waals surface area (Å²) in [7, 11) is 0. The zero-order valence-corrected chi connectivity index (χ0v) is 10.7. The number of nitrogens with one attached hydrogen (secondary N) is 1. The predicted octanol–water partition coefficient (Wildman–Crippen LogP) is 2.05. The Hall–Kier alpha value is -2.18. The molecule has 0 atom stereocenters. The summed E-state index contributed by atoms with van der Waals surface area (Å²) in [6.07, 6.45) is -2.33. The molecule has 0 aliphatic heterocycles. The van der Waals surface area contributed by atoms with Crippen molar-refractivity contribution in [1.29, 1.82) is 0 Å². The first-order chi connectivity index (χ1) is 9.31. The van der Waals surface area contributed by atoms with E-state index in [-0.39, 0.29) is 0 Å². The minimum Gasteiger partial charge on any atom is -0.483 e. The number of amides is 1. The van der Waals surface area contributed by atoms with Crippen molar-refractivity contribution in [2.75, 3.05) is 18.9 Å². The van der Waals surface area contributed by atoms with Crippen LogP contribution in [0.1, 0.15) is 5.56 Å². The van der Waals surface area contributed by atoms with Gasteiger partial charge in [0.05, 0.1) is 0 Å². The molecule has 0 aromatic heterocycles. The van der Waals surface area contributed by atoms with Gasteiger partial charge < -0.3 is 15.8 Å². The molecule has 4 nitrogen and oxygen atoms in total. The second-order valence-corrected chi connectivity index (χ2v) is 4.04. The molecule has 3 N–H and O–H groups in total. The van der Waals surface area contributed by atoms with Crippen LogP contribution in [0.2, 0.25) is 0 Å². The van der Waals surface area contributed by atoms with Crippen molar-refractivity contribution in [2.24, 2.45) is 0 Å². The summed E-state index contributed by atoms with van der Waals surface area (Å²) < 4.78 is 40.9. The van der Waals surface area contributed by atoms with Crippen molar-refractivity contribution >= 4 is 11.6 Å². The molecule has 0 saturated carbocycles. The first-order valence-electron chi connectivity index (χ1n) is 5.77. The SMILES string of the molecule is C=CCc1cc(N)ccc1OCC(=O)NCC(F)(F)F. The lowest BCUT2D eigenvalue weighted by molar-refractivity contribution is -0.139. The van der Waals surface area contributed by atoms with Crippen LogP contribution in [0, 0.1) is 0 Å². The lowest BCUT2D eigenvalue weighted by Crippen LogP contribution is -2.36. The predicted molar refractivity (Wildman–Crippen MR) is 69.3 cm³/mol. The Balaban J connectivity index is 2.56. The van der Waals surface area contributed by atoms with Crippen molar-refractivity contribution in [3.63, 3.8) is 0 Å². The van der Waals surface area contributed by atoms with Crippen molar-refractivity contribution < 1.29 is 22.7 Å². The van der Waals surface area contributed by atoms with Crippen LogP contribution < -0.4 is 15.8 Å². The van der Waals surface area contributed by atoms with Gasteiger partial charge in [-0.3, -0.25) is 4.79 Å². The molecular weight excluding hydrogens is 273 g/mol. The molecule has 1 aromatic carbocycles. The maximum atomic E-state index is 11.9. The van der Waals surface area contributed by atoms with Gasteiger partial charge in [-0.15, -0.1) is 6.58 Å². The van der Waals surface area contributed by atoms with Crippen LogP contribution >= 0.6 is 0 Å². The Kier molecular flexibility index (Phi) is 5.42. The monoisotopic (exact) mass is 288 g/mol. The summed E-state index contributed by atoms with van der Waals surface area (Å²) in [5.41, 5.74) is 6.85. The van der Waals surface area contributed by atoms with E-state index < -0.39 is 25.2 Å². The lowest BCUT2D eigenvalue weighted by atomic mass is 10.1. The summed E-state index contributed by atoms with van der Waals surface area (Å²) in [6, 6.07) is 4.80. The number of carbonyl (C=O) groups is 1. The van der Waals surface area contributed by atoms with Gasteiger partial charge in [0.25, 0.3) is 5.91 Å². The molecule has 0 fully saturated rings. The quantitative estimate of drug-likeness (QED) is 0.622. The molecule has 0 saturated heterocycles. The summed E-state index contributed by atoms with van der Waals surface area (Å²) >= 11 is 0. The van der Waals surface area contributed by atoms with Gasteiger partial charge in [-0.05, 0) is 30.2 Å². The standard InChI is InChI=1S/C13H15F3N2O2/c1-2-3-9-6-10(17)4-5-11(9)20-7-12(19)18-8-13(14,15)16/h2,4-6H,1,3,7-8,17H2,(H,18,19). The number of nitrogens with two attached hydrogens (primary N) is 1. The van der Waals surface area contributed by atoms with Gasteiger partial charge in [-0.1, -0.05) is 6.08 Å². The zero-order valence-electron chi connectivity index (χ0n) is 10.7. The Bertz CT molecular complexity index is 487. The number of nitrogen functional groups attached to an aromatic ring is 1. The number of carbonyl (C=O) groups excluding carboxylic acids is 1. The Morgan fingerprint density at radius 1 is 1.45 bits per heavy atom. The maximum Gasteiger partial charge on any atom is 0.405 e. The van der Waals surface area contributed by atoms with Crippen molar-refractivity contribution in [3.8, 4) is 5.75 Å². The van der Waals surface area contributed by atoms with Gasteiger partial charge in [0, 0.05) is 5.69 Å². The average Bonchev–Trinajstić information content (AvgIpc) is 2.35. The highest BCUT2D eigenvalue weighted by Crippen LogP contribution is 2.22. The van der Waals surface area contributed by atoms with Gasteiger partial charge >= 0.3 is 6.18 Å². The van der Waals surface area contributed by atoms with E-state index in [1.54, 1.807) is 29.6 Å². The molecule has 0 aliphatic rings. The topological polar surface area (TPSA) is 64.3 Å². The van der Waals surface area contributed by atoms with Crippen molar-refractivity contribution in [2.45, 2.75) is 12.6 Å². The third-order valence-corrected chi connectivity index (χ3v) is 2.29. The number of halogens is 3. The average molecular weight is 288 g/mol. The first kappa shape index (κ1) is 15.9. The van der Waals surface area contributed by atoms with Crippen LogP contribution in [0.5, 0.6) is 5.75 Å². The van der Waals surface area contributed by atoms with Gasteiger partial charge in [0.1, 0.15) is 12.3 Å². The highest BCUT2D eigenvalue weighted by atomic mass is 19.4. The van der Waals surface area contributed by atoms with E-state index in [0.29, 0.717) is 23.4 Å². The van der Waals surface area contributed by atoms with Crippen LogP contribution in [0.4, 0.5) is 18.9 Å². The van der Waals surface area contributed by atoms with E-state index >= 15 is 0 Å². The van der Waals surface area contributed by atoms with Crippen LogP contribution in [0.25, 0.3) is 0 Å². The van der Waals surface area contributed by atoms with Gasteiger partial charge in [-0.2, -0.15) is 13.2 Å². The Morgan fingerprint density at radius 3 is 2.75 bits per heavy atom. The van der Waals surface area contributed by atoms with Crippen LogP contribution in [-0.2, 0) is 11.2 Å². The largest absolute Gasteiger partial charge is 0.483 e. The summed E-state index contributed by atoms with van der Waals surface area (Å²) in [6.45, 7) is 1.70. The molecule has 1 aromatic rings. The second kappa shape index (κ2) is 6.83. The number of hydrogen-bond acceptors (Lipinski definition) is 3. The molecule has 0 heterocycles. The summed E-state index contributed by atoms with van der Waals surface area (Å²) in [5, 5.41) is 1.72. The smallest absolute Gasteiger partial charge is 0.405 e. The third-order valence-electron chi connectivity index (χ3n) is 2.29. The minimum atomic E-state index is -4.44. The van der Waals surface area contributed by atoms with E-state index in [1.807, 2.05) is 0 Å². The van der Waals surface area contributed by atoms with E-state index in [9.17, 15) is 18.0 Å². The highest BCUT2D eigenvalue weighted by Gasteiger charge is 2.27. The molecule has 0 unspecified atom stereocenters. The van der Waals surface area contributed by atoms with Gasteiger partial charge in [-0.25, -0.2) is 0 Å². The minimum absolute atomic E-state index is 0.390. The lowest BCUT2D eigenvalue weighted by Gasteiger charge is -2.12. The maximum absolute atomic E-state index is 11.9. The normalized spacial score (nSPS) is 10.9. The second-order valence-electron chi connectivity index (χ2n) is 4.04. The van der Waals surface area contributed by atoms with Crippen LogP contribution in [-0.4, -0.2) is 25.2 Å². The van der Waals surface area contributed by atoms with Crippen molar-refractivity contribution in [1.82, 2.24) is 5.32 Å². The number of allylic oxidation sites excluding steroid dienone is 1. The fourth-order valence-corrected chi connectivity index (χ4v) is 1.45. The number of ether oxygens (including phenoxy) is 1. The zero-order chi connectivity index (χ0) is 15.2. The first-order valence-corrected chi connectivity index (χ1v) is 5.77. The summed E-state index contributed by atoms with van der Waals surface area (Å²) in [4.78, 5) is 11.2. The van der Waals surface area contributed by atoms with E-state index in [0.717, 1.165) is 0 Å². The van der Waals surface area contributed by atoms with E-state index in [1.165, 1.54) is 0 Å². The molecule has 0 aliphatic carbocycles. The molecule has 0 spiro atoms. The number of benzene rings is 1. The number of rotatable bonds is 6. The fourth-order valence-electron chi connectivity index (χ4n) is 1.45. The molecule has 20 heavy (non-hydrogen) atoms. The van der Waals surface area contributed by atoms with Gasteiger partial charge in [0.15, 0.2) is 6.61 Å². The molecule has 1 amide bonds. The van der Waals surface area contributed by atoms with Gasteiger partial charge in [0.2, 0.25) is 0 Å².